The number of thiocarbonyl (C=S) groups is 1. The van der Waals surface area contributed by atoms with Crippen LogP contribution in [0, 0.1) is 0 Å². The second kappa shape index (κ2) is 14.4. The minimum absolute atomic E-state index is 0.145. The Morgan fingerprint density at radius 2 is 1.39 bits per heavy atom. The molecule has 0 aromatic rings. The SMILES string of the molecule is CCCNC(=S)NCCCCC(NC(=O)NC(CCC(=O)O)C(=O)O)C(=O)O. The van der Waals surface area contributed by atoms with Gasteiger partial charge in [-0.3, -0.25) is 4.79 Å². The first-order chi connectivity index (χ1) is 13.2. The predicted molar refractivity (Wildman–Crippen MR) is 104 cm³/mol. The molecule has 0 aliphatic heterocycles. The van der Waals surface area contributed by atoms with Crippen molar-refractivity contribution in [1.29, 1.82) is 0 Å². The number of rotatable bonds is 14. The summed E-state index contributed by atoms with van der Waals surface area (Å²) >= 11 is 5.05. The molecule has 0 radical (unpaired) electrons. The Bertz CT molecular complexity index is 559. The Hall–Kier alpha value is -2.63. The summed E-state index contributed by atoms with van der Waals surface area (Å²) in [6.45, 7) is 3.32. The number of carbonyl (C=O) groups is 4. The van der Waals surface area contributed by atoms with Crippen molar-refractivity contribution < 1.29 is 34.5 Å². The summed E-state index contributed by atoms with van der Waals surface area (Å²) in [4.78, 5) is 44.7. The van der Waals surface area contributed by atoms with Gasteiger partial charge in [0.25, 0.3) is 0 Å². The van der Waals surface area contributed by atoms with E-state index in [1.165, 1.54) is 0 Å². The summed E-state index contributed by atoms with van der Waals surface area (Å²) in [5.74, 6) is -3.85. The van der Waals surface area contributed by atoms with Gasteiger partial charge in [0.15, 0.2) is 5.11 Å². The first-order valence-corrected chi connectivity index (χ1v) is 9.34. The highest BCUT2D eigenvalue weighted by Crippen LogP contribution is 2.02. The van der Waals surface area contributed by atoms with Crippen molar-refractivity contribution in [2.45, 2.75) is 57.5 Å². The zero-order chi connectivity index (χ0) is 21.5. The number of unbranched alkanes of at least 4 members (excludes halogenated alkanes) is 1. The number of carbonyl (C=O) groups excluding carboxylic acids is 1. The Labute approximate surface area is 168 Å². The topological polar surface area (TPSA) is 177 Å². The summed E-state index contributed by atoms with van der Waals surface area (Å²) in [7, 11) is 0. The molecule has 160 valence electrons. The lowest BCUT2D eigenvalue weighted by atomic mass is 10.1. The number of amides is 2. The molecule has 0 bridgehead atoms. The maximum atomic E-state index is 11.9. The molecule has 7 N–H and O–H groups in total. The number of aliphatic carboxylic acids is 3. The zero-order valence-electron chi connectivity index (χ0n) is 15.7. The van der Waals surface area contributed by atoms with Gasteiger partial charge in [0.05, 0.1) is 0 Å². The number of urea groups is 1. The molecule has 0 aromatic carbocycles. The van der Waals surface area contributed by atoms with Crippen LogP contribution in [0.5, 0.6) is 0 Å². The largest absolute Gasteiger partial charge is 0.481 e. The zero-order valence-corrected chi connectivity index (χ0v) is 16.5. The molecular weight excluding hydrogens is 392 g/mol. The lowest BCUT2D eigenvalue weighted by Crippen LogP contribution is -2.51. The number of hydrogen-bond donors (Lipinski definition) is 7. The average Bonchev–Trinajstić information content (AvgIpc) is 2.61. The highest BCUT2D eigenvalue weighted by Gasteiger charge is 2.24. The lowest BCUT2D eigenvalue weighted by molar-refractivity contribution is -0.140. The third-order valence-electron chi connectivity index (χ3n) is 3.59. The molecule has 0 heterocycles. The van der Waals surface area contributed by atoms with E-state index in [1.54, 1.807) is 0 Å². The number of hydrogen-bond acceptors (Lipinski definition) is 5. The quantitative estimate of drug-likeness (QED) is 0.151. The van der Waals surface area contributed by atoms with E-state index in [-0.39, 0.29) is 12.8 Å². The monoisotopic (exact) mass is 420 g/mol. The Kier molecular flexibility index (Phi) is 13.1. The van der Waals surface area contributed by atoms with Crippen LogP contribution in [0.1, 0.15) is 45.4 Å². The van der Waals surface area contributed by atoms with E-state index in [1.807, 2.05) is 6.92 Å². The third-order valence-corrected chi connectivity index (χ3v) is 3.88. The van der Waals surface area contributed by atoms with E-state index in [4.69, 9.17) is 22.4 Å². The first-order valence-electron chi connectivity index (χ1n) is 8.93. The fourth-order valence-corrected chi connectivity index (χ4v) is 2.32. The van der Waals surface area contributed by atoms with Crippen LogP contribution in [0.4, 0.5) is 4.79 Å². The fourth-order valence-electron chi connectivity index (χ4n) is 2.12. The molecule has 2 unspecified atom stereocenters. The van der Waals surface area contributed by atoms with Crippen LogP contribution in [0.25, 0.3) is 0 Å². The van der Waals surface area contributed by atoms with Crippen molar-refractivity contribution in [2.24, 2.45) is 0 Å². The van der Waals surface area contributed by atoms with Crippen LogP contribution >= 0.6 is 12.2 Å². The van der Waals surface area contributed by atoms with Gasteiger partial charge in [0.1, 0.15) is 12.1 Å². The van der Waals surface area contributed by atoms with Crippen molar-refractivity contribution in [3.8, 4) is 0 Å². The minimum atomic E-state index is -1.42. The van der Waals surface area contributed by atoms with Gasteiger partial charge in [0, 0.05) is 19.5 Å². The molecule has 2 amide bonds. The molecule has 12 heteroatoms. The van der Waals surface area contributed by atoms with E-state index in [2.05, 4.69) is 21.3 Å². The van der Waals surface area contributed by atoms with Crippen LogP contribution in [0.15, 0.2) is 0 Å². The van der Waals surface area contributed by atoms with Gasteiger partial charge in [-0.05, 0) is 44.3 Å². The van der Waals surface area contributed by atoms with Gasteiger partial charge in [-0.1, -0.05) is 6.92 Å². The molecule has 0 aliphatic carbocycles. The maximum Gasteiger partial charge on any atom is 0.326 e. The van der Waals surface area contributed by atoms with Crippen molar-refractivity contribution in [1.82, 2.24) is 21.3 Å². The van der Waals surface area contributed by atoms with E-state index in [0.717, 1.165) is 13.0 Å². The lowest BCUT2D eigenvalue weighted by Gasteiger charge is -2.18. The molecule has 0 aliphatic rings. The highest BCUT2D eigenvalue weighted by molar-refractivity contribution is 7.80. The van der Waals surface area contributed by atoms with E-state index in [0.29, 0.717) is 24.5 Å². The molecular formula is C16H28N4O7S. The van der Waals surface area contributed by atoms with Crippen LogP contribution in [-0.4, -0.2) is 69.5 Å². The van der Waals surface area contributed by atoms with Gasteiger partial charge < -0.3 is 36.6 Å². The van der Waals surface area contributed by atoms with Gasteiger partial charge >= 0.3 is 23.9 Å². The molecule has 2 atom stereocenters. The summed E-state index contributed by atoms with van der Waals surface area (Å²) in [6, 6.07) is -3.60. The Morgan fingerprint density at radius 1 is 0.857 bits per heavy atom. The van der Waals surface area contributed by atoms with Gasteiger partial charge in [-0.2, -0.15) is 0 Å². The Balaban J connectivity index is 4.32. The van der Waals surface area contributed by atoms with Crippen LogP contribution in [-0.2, 0) is 14.4 Å². The average molecular weight is 420 g/mol. The molecule has 28 heavy (non-hydrogen) atoms. The van der Waals surface area contributed by atoms with Gasteiger partial charge in [-0.15, -0.1) is 0 Å². The van der Waals surface area contributed by atoms with Gasteiger partial charge in [-0.25, -0.2) is 14.4 Å². The smallest absolute Gasteiger partial charge is 0.326 e. The first kappa shape index (κ1) is 25.4. The molecule has 0 aromatic heterocycles. The summed E-state index contributed by atoms with van der Waals surface area (Å²) < 4.78 is 0. The third kappa shape index (κ3) is 12.7. The fraction of sp³-hybridized carbons (Fsp3) is 0.688. The second-order valence-corrected chi connectivity index (χ2v) is 6.42. The molecule has 11 nitrogen and oxygen atoms in total. The molecule has 0 fully saturated rings. The standard InChI is InChI=1S/C16H28N4O7S/c1-2-8-17-16(28)18-9-4-3-5-10(13(23)24)19-15(27)20-11(14(25)26)6-7-12(21)22/h10-11H,2-9H2,1H3,(H,21,22)(H,23,24)(H,25,26)(H2,17,18,28)(H2,19,20,27). The highest BCUT2D eigenvalue weighted by atomic mass is 32.1. The summed E-state index contributed by atoms with van der Waals surface area (Å²) in [5, 5.41) is 37.6. The van der Waals surface area contributed by atoms with E-state index < -0.39 is 42.4 Å². The van der Waals surface area contributed by atoms with Crippen molar-refractivity contribution in [3.05, 3.63) is 0 Å². The van der Waals surface area contributed by atoms with Gasteiger partial charge in [0.2, 0.25) is 0 Å². The van der Waals surface area contributed by atoms with Crippen molar-refractivity contribution in [3.63, 3.8) is 0 Å². The normalized spacial score (nSPS) is 12.3. The predicted octanol–water partition coefficient (Wildman–Crippen LogP) is 0.101. The Morgan fingerprint density at radius 3 is 1.89 bits per heavy atom. The van der Waals surface area contributed by atoms with Crippen LogP contribution in [0.3, 0.4) is 0 Å². The maximum absolute atomic E-state index is 11.9. The second-order valence-electron chi connectivity index (χ2n) is 6.01. The van der Waals surface area contributed by atoms with E-state index in [9.17, 15) is 24.3 Å². The molecule has 0 rings (SSSR count). The number of nitrogens with one attached hydrogen (secondary N) is 4. The minimum Gasteiger partial charge on any atom is -0.481 e. The number of carboxylic acid groups (broad SMARTS) is 3. The van der Waals surface area contributed by atoms with Crippen LogP contribution < -0.4 is 21.3 Å². The summed E-state index contributed by atoms with van der Waals surface area (Å²) in [5.41, 5.74) is 0. The summed E-state index contributed by atoms with van der Waals surface area (Å²) in [6.07, 6.45) is 1.44. The molecule has 0 saturated carbocycles. The van der Waals surface area contributed by atoms with Crippen molar-refractivity contribution in [2.75, 3.05) is 13.1 Å². The molecule has 0 spiro atoms. The van der Waals surface area contributed by atoms with Crippen molar-refractivity contribution >= 4 is 41.3 Å². The number of carboxylic acids is 3. The molecule has 0 saturated heterocycles. The van der Waals surface area contributed by atoms with E-state index >= 15 is 0 Å². The van der Waals surface area contributed by atoms with Crippen LogP contribution in [0.2, 0.25) is 0 Å².